The number of carbonyl (C=O) groups is 1. The first-order valence-electron chi connectivity index (χ1n) is 8.11. The molecule has 0 unspecified atom stereocenters. The van der Waals surface area contributed by atoms with Crippen molar-refractivity contribution >= 4 is 24.0 Å². The average Bonchev–Trinajstić information content (AvgIpc) is 2.77. The van der Waals surface area contributed by atoms with Gasteiger partial charge < -0.3 is 0 Å². The summed E-state index contributed by atoms with van der Waals surface area (Å²) in [6.07, 6.45) is 0.650. The number of carbonyl (C=O) groups excluding carboxylic acids is 1. The van der Waals surface area contributed by atoms with Gasteiger partial charge in [0, 0.05) is 5.54 Å². The van der Waals surface area contributed by atoms with Crippen LogP contribution < -0.4 is 0 Å². The van der Waals surface area contributed by atoms with Gasteiger partial charge in [0.2, 0.25) is 5.91 Å². The number of benzene rings is 1. The van der Waals surface area contributed by atoms with Gasteiger partial charge in [0.1, 0.15) is 0 Å². The Balaban J connectivity index is 2.49. The van der Waals surface area contributed by atoms with E-state index in [1.807, 2.05) is 20.8 Å². The molecule has 0 spiro atoms. The number of nitrogens with zero attached hydrogens (tertiary/aromatic N) is 1. The van der Waals surface area contributed by atoms with Gasteiger partial charge in [-0.3, -0.25) is 4.79 Å². The molecule has 1 aromatic carbocycles. The van der Waals surface area contributed by atoms with E-state index in [9.17, 15) is 13.2 Å². The van der Waals surface area contributed by atoms with Crippen LogP contribution in [0.4, 0.5) is 0 Å². The van der Waals surface area contributed by atoms with E-state index in [1.165, 1.54) is 4.31 Å². The van der Waals surface area contributed by atoms with Gasteiger partial charge in [-0.25, -0.2) is 12.7 Å². The van der Waals surface area contributed by atoms with E-state index in [0.717, 1.165) is 5.56 Å². The number of rotatable bonds is 4. The Kier molecular flexibility index (Phi) is 4.79. The predicted molar refractivity (Wildman–Crippen MR) is 95.5 cm³/mol. The van der Waals surface area contributed by atoms with Crippen LogP contribution in [0.3, 0.4) is 0 Å². The van der Waals surface area contributed by atoms with E-state index in [2.05, 4.69) is 19.6 Å². The Morgan fingerprint density at radius 1 is 1.13 bits per heavy atom. The molecule has 128 valence electrons. The molecular formula is C17H27NO3SSi. The van der Waals surface area contributed by atoms with Crippen LogP contribution in [0.1, 0.15) is 25.8 Å². The van der Waals surface area contributed by atoms with Crippen LogP contribution in [-0.2, 0) is 14.8 Å². The minimum Gasteiger partial charge on any atom is -0.274 e. The molecule has 0 saturated carbocycles. The summed E-state index contributed by atoms with van der Waals surface area (Å²) in [5, 5.41) is 0. The Morgan fingerprint density at radius 2 is 1.65 bits per heavy atom. The monoisotopic (exact) mass is 353 g/mol. The highest BCUT2D eigenvalue weighted by Crippen LogP contribution is 2.42. The van der Waals surface area contributed by atoms with Crippen LogP contribution in [0, 0.1) is 12.8 Å². The number of hydrogen-bond donors (Lipinski definition) is 0. The normalized spacial score (nSPS) is 22.9. The highest BCUT2D eigenvalue weighted by atomic mass is 32.2. The SMILES string of the molecule is Cc1ccc(S(=O)(=O)N2C(=O)[C@H]([Si](C)(C)C)C[C@H]2C(C)C)cc1. The molecule has 1 aliphatic rings. The summed E-state index contributed by atoms with van der Waals surface area (Å²) in [7, 11) is -5.55. The topological polar surface area (TPSA) is 54.5 Å². The second-order valence-corrected chi connectivity index (χ2v) is 15.2. The Bertz CT molecular complexity index is 690. The fourth-order valence-corrected chi connectivity index (χ4v) is 6.82. The maximum Gasteiger partial charge on any atom is 0.266 e. The molecule has 1 saturated heterocycles. The van der Waals surface area contributed by atoms with Crippen LogP contribution in [0.5, 0.6) is 0 Å². The fraction of sp³-hybridized carbons (Fsp3) is 0.588. The lowest BCUT2D eigenvalue weighted by Gasteiger charge is -2.27. The standard InChI is InChI=1S/C17H27NO3SSi/c1-12(2)15-11-16(23(4,5)6)17(19)18(15)22(20,21)14-9-7-13(3)8-10-14/h7-10,12,15-16H,11H2,1-6H3/t15-,16+/m0/s1. The molecule has 0 N–H and O–H groups in total. The lowest BCUT2D eigenvalue weighted by atomic mass is 10.0. The zero-order chi connectivity index (χ0) is 17.6. The van der Waals surface area contributed by atoms with E-state index in [4.69, 9.17) is 0 Å². The molecule has 1 aliphatic heterocycles. The van der Waals surface area contributed by atoms with E-state index in [0.29, 0.717) is 6.42 Å². The number of hydrogen-bond acceptors (Lipinski definition) is 3. The Morgan fingerprint density at radius 3 is 2.09 bits per heavy atom. The molecule has 6 heteroatoms. The van der Waals surface area contributed by atoms with E-state index >= 15 is 0 Å². The Hall–Kier alpha value is -1.14. The van der Waals surface area contributed by atoms with Crippen molar-refractivity contribution in [2.75, 3.05) is 0 Å². The molecule has 2 rings (SSSR count). The third-order valence-corrected chi connectivity index (χ3v) is 9.10. The first-order chi connectivity index (χ1) is 10.5. The summed E-state index contributed by atoms with van der Waals surface area (Å²) in [5.41, 5.74) is 0.868. The quantitative estimate of drug-likeness (QED) is 0.776. The molecule has 1 fully saturated rings. The van der Waals surface area contributed by atoms with Crippen molar-refractivity contribution in [2.45, 2.75) is 63.3 Å². The van der Waals surface area contributed by atoms with Gasteiger partial charge in [-0.1, -0.05) is 51.2 Å². The Labute approximate surface area is 141 Å². The number of sulfonamides is 1. The van der Waals surface area contributed by atoms with Gasteiger partial charge in [-0.2, -0.15) is 0 Å². The summed E-state index contributed by atoms with van der Waals surface area (Å²) in [4.78, 5) is 13.1. The van der Waals surface area contributed by atoms with Gasteiger partial charge in [0.25, 0.3) is 10.0 Å². The van der Waals surface area contributed by atoms with E-state index in [1.54, 1.807) is 24.3 Å². The zero-order valence-corrected chi connectivity index (χ0v) is 16.6. The summed E-state index contributed by atoms with van der Waals surface area (Å²) in [6, 6.07) is 6.49. The van der Waals surface area contributed by atoms with E-state index < -0.39 is 18.1 Å². The molecule has 4 nitrogen and oxygen atoms in total. The van der Waals surface area contributed by atoms with Crippen molar-refractivity contribution < 1.29 is 13.2 Å². The predicted octanol–water partition coefficient (Wildman–Crippen LogP) is 3.65. The maximum absolute atomic E-state index is 13.1. The van der Waals surface area contributed by atoms with Crippen LogP contribution >= 0.6 is 0 Å². The summed E-state index contributed by atoms with van der Waals surface area (Å²) in [5.74, 6) is -0.0936. The molecule has 0 radical (unpaired) electrons. The summed E-state index contributed by atoms with van der Waals surface area (Å²) in [6.45, 7) is 12.3. The molecule has 1 amide bonds. The third kappa shape index (κ3) is 3.38. The van der Waals surface area contributed by atoms with Crippen molar-refractivity contribution in [3.63, 3.8) is 0 Å². The van der Waals surface area contributed by atoms with Crippen LogP contribution in [0.15, 0.2) is 29.2 Å². The van der Waals surface area contributed by atoms with Crippen molar-refractivity contribution in [3.8, 4) is 0 Å². The zero-order valence-electron chi connectivity index (χ0n) is 14.8. The highest BCUT2D eigenvalue weighted by Gasteiger charge is 2.51. The lowest BCUT2D eigenvalue weighted by molar-refractivity contribution is -0.124. The molecule has 1 aromatic rings. The highest BCUT2D eigenvalue weighted by molar-refractivity contribution is 7.89. The van der Waals surface area contributed by atoms with Crippen molar-refractivity contribution in [2.24, 2.45) is 5.92 Å². The molecule has 2 atom stereocenters. The van der Waals surface area contributed by atoms with Crippen LogP contribution in [-0.4, -0.2) is 32.7 Å². The van der Waals surface area contributed by atoms with Gasteiger partial charge in [-0.15, -0.1) is 0 Å². The third-order valence-electron chi connectivity index (χ3n) is 4.69. The minimum atomic E-state index is -3.79. The van der Waals surface area contributed by atoms with Gasteiger partial charge in [-0.05, 0) is 31.4 Å². The first-order valence-corrected chi connectivity index (χ1v) is 13.1. The second-order valence-electron chi connectivity index (χ2n) is 7.92. The van der Waals surface area contributed by atoms with Crippen molar-refractivity contribution in [1.29, 1.82) is 0 Å². The first kappa shape index (κ1) is 18.2. The molecule has 0 bridgehead atoms. The smallest absolute Gasteiger partial charge is 0.266 e. The molecular weight excluding hydrogens is 326 g/mol. The number of amides is 1. The van der Waals surface area contributed by atoms with E-state index in [-0.39, 0.29) is 28.3 Å². The fourth-order valence-electron chi connectivity index (χ4n) is 3.14. The van der Waals surface area contributed by atoms with Crippen LogP contribution in [0.25, 0.3) is 0 Å². The van der Waals surface area contributed by atoms with Gasteiger partial charge in [0.05, 0.1) is 19.0 Å². The largest absolute Gasteiger partial charge is 0.274 e. The number of aryl methyl sites for hydroxylation is 1. The molecule has 0 aliphatic carbocycles. The minimum absolute atomic E-state index is 0.112. The summed E-state index contributed by atoms with van der Waals surface area (Å²) >= 11 is 0. The molecule has 1 heterocycles. The van der Waals surface area contributed by atoms with Crippen molar-refractivity contribution in [3.05, 3.63) is 29.8 Å². The summed E-state index contributed by atoms with van der Waals surface area (Å²) < 4.78 is 27.3. The second kappa shape index (κ2) is 6.05. The lowest BCUT2D eigenvalue weighted by Crippen LogP contribution is -2.42. The van der Waals surface area contributed by atoms with Crippen molar-refractivity contribution in [1.82, 2.24) is 4.31 Å². The van der Waals surface area contributed by atoms with Gasteiger partial charge >= 0.3 is 0 Å². The molecule has 0 aromatic heterocycles. The van der Waals surface area contributed by atoms with Gasteiger partial charge in [0.15, 0.2) is 0 Å². The molecule has 23 heavy (non-hydrogen) atoms. The van der Waals surface area contributed by atoms with Crippen LogP contribution in [0.2, 0.25) is 25.2 Å². The maximum atomic E-state index is 13.1. The average molecular weight is 354 g/mol.